The lowest BCUT2D eigenvalue weighted by Crippen LogP contribution is -2.58. The highest BCUT2D eigenvalue weighted by molar-refractivity contribution is 5.83. The summed E-state index contributed by atoms with van der Waals surface area (Å²) < 4.78 is 5.09. The zero-order valence-corrected chi connectivity index (χ0v) is 11.7. The van der Waals surface area contributed by atoms with Crippen LogP contribution in [0, 0.1) is 0 Å². The molecule has 0 spiro atoms. The number of ether oxygens (including phenoxy) is 1. The van der Waals surface area contributed by atoms with Crippen LogP contribution in [0.3, 0.4) is 0 Å². The summed E-state index contributed by atoms with van der Waals surface area (Å²) >= 11 is 0. The summed E-state index contributed by atoms with van der Waals surface area (Å²) in [6.45, 7) is 0.0640. The number of carboxylic acids is 1. The molecule has 0 radical (unpaired) electrons. The molecule has 0 aromatic heterocycles. The van der Waals surface area contributed by atoms with Crippen molar-refractivity contribution >= 4 is 11.9 Å². The molecular weight excluding hydrogens is 276 g/mol. The minimum atomic E-state index is -1.02. The van der Waals surface area contributed by atoms with Crippen LogP contribution in [0.4, 0.5) is 0 Å². The molecule has 0 saturated carbocycles. The van der Waals surface area contributed by atoms with Gasteiger partial charge in [-0.05, 0) is 17.7 Å². The summed E-state index contributed by atoms with van der Waals surface area (Å²) in [7, 11) is 1.53. The normalized spacial score (nSPS) is 20.7. The second-order valence-electron chi connectivity index (χ2n) is 4.88. The molecule has 1 heterocycles. The van der Waals surface area contributed by atoms with E-state index in [9.17, 15) is 14.7 Å². The quantitative estimate of drug-likeness (QED) is 0.684. The average Bonchev–Trinajstić information content (AvgIpc) is 2.47. The van der Waals surface area contributed by atoms with Gasteiger partial charge < -0.3 is 20.3 Å². The van der Waals surface area contributed by atoms with Gasteiger partial charge in [0.2, 0.25) is 5.91 Å². The van der Waals surface area contributed by atoms with Crippen molar-refractivity contribution in [3.8, 4) is 5.75 Å². The maximum Gasteiger partial charge on any atom is 0.322 e. The maximum atomic E-state index is 11.4. The fourth-order valence-electron chi connectivity index (χ4n) is 2.30. The van der Waals surface area contributed by atoms with Gasteiger partial charge in [0.15, 0.2) is 0 Å². The minimum Gasteiger partial charge on any atom is -0.497 e. The molecule has 1 aromatic rings. The Labute approximate surface area is 122 Å². The summed E-state index contributed by atoms with van der Waals surface area (Å²) in [5, 5.41) is 21.9. The molecule has 1 fully saturated rings. The predicted molar refractivity (Wildman–Crippen MR) is 74.0 cm³/mol. The first-order valence-corrected chi connectivity index (χ1v) is 6.57. The van der Waals surface area contributed by atoms with Gasteiger partial charge in [0.25, 0.3) is 0 Å². The molecule has 3 N–H and O–H groups in total. The van der Waals surface area contributed by atoms with Crippen LogP contribution in [0.2, 0.25) is 0 Å². The first-order chi connectivity index (χ1) is 10.0. The smallest absolute Gasteiger partial charge is 0.322 e. The van der Waals surface area contributed by atoms with Crippen molar-refractivity contribution in [3.63, 3.8) is 0 Å². The Bertz CT molecular complexity index is 534. The third kappa shape index (κ3) is 3.71. The number of nitrogens with zero attached hydrogens (tertiary/aromatic N) is 1. The number of nitrogens with one attached hydrogen (secondary N) is 1. The Balaban J connectivity index is 2.10. The molecule has 21 heavy (non-hydrogen) atoms. The highest BCUT2D eigenvalue weighted by atomic mass is 16.5. The van der Waals surface area contributed by atoms with Crippen molar-refractivity contribution < 1.29 is 24.5 Å². The van der Waals surface area contributed by atoms with Crippen LogP contribution in [0.15, 0.2) is 24.3 Å². The molecule has 7 heteroatoms. The van der Waals surface area contributed by atoms with Gasteiger partial charge in [-0.25, -0.2) is 0 Å². The number of amides is 1. The Morgan fingerprint density at radius 3 is 3.00 bits per heavy atom. The lowest BCUT2D eigenvalue weighted by atomic mass is 10.1. The summed E-state index contributed by atoms with van der Waals surface area (Å²) in [5.41, 5.74) is 0.615. The lowest BCUT2D eigenvalue weighted by molar-refractivity contribution is -0.146. The van der Waals surface area contributed by atoms with Crippen molar-refractivity contribution in [2.24, 2.45) is 0 Å². The highest BCUT2D eigenvalue weighted by Crippen LogP contribution is 2.21. The summed E-state index contributed by atoms with van der Waals surface area (Å²) in [6, 6.07) is 6.08. The number of carbonyl (C=O) groups excluding carboxylic acids is 1. The van der Waals surface area contributed by atoms with Gasteiger partial charge in [-0.1, -0.05) is 12.1 Å². The highest BCUT2D eigenvalue weighted by Gasteiger charge is 2.33. The van der Waals surface area contributed by atoms with E-state index in [0.29, 0.717) is 11.3 Å². The molecule has 1 amide bonds. The molecule has 7 nitrogen and oxygen atoms in total. The molecule has 1 aliphatic rings. The van der Waals surface area contributed by atoms with Crippen LogP contribution < -0.4 is 10.1 Å². The van der Waals surface area contributed by atoms with Gasteiger partial charge in [0, 0.05) is 13.1 Å². The van der Waals surface area contributed by atoms with E-state index in [-0.39, 0.29) is 25.5 Å². The standard InChI is InChI=1S/C14H18N2O5/c1-21-10-4-2-3-9(5-10)12(17)7-16-8-13(18)15-6-11(16)14(19)20/h2-5,11-12,17H,6-8H2,1H3,(H,15,18)(H,19,20). The molecule has 1 aliphatic heterocycles. The van der Waals surface area contributed by atoms with Gasteiger partial charge in [0.1, 0.15) is 11.8 Å². The van der Waals surface area contributed by atoms with E-state index in [4.69, 9.17) is 9.84 Å². The van der Waals surface area contributed by atoms with Crippen LogP contribution in [-0.2, 0) is 9.59 Å². The number of aliphatic carboxylic acids is 1. The number of hydrogen-bond donors (Lipinski definition) is 3. The summed E-state index contributed by atoms with van der Waals surface area (Å²) in [4.78, 5) is 24.1. The fraction of sp³-hybridized carbons (Fsp3) is 0.429. The molecule has 0 aliphatic carbocycles. The second kappa shape index (κ2) is 6.55. The fourth-order valence-corrected chi connectivity index (χ4v) is 2.30. The first-order valence-electron chi connectivity index (χ1n) is 6.57. The topological polar surface area (TPSA) is 99.1 Å². The zero-order valence-electron chi connectivity index (χ0n) is 11.7. The second-order valence-corrected chi connectivity index (χ2v) is 4.88. The van der Waals surface area contributed by atoms with E-state index in [2.05, 4.69) is 5.32 Å². The van der Waals surface area contributed by atoms with E-state index < -0.39 is 18.1 Å². The van der Waals surface area contributed by atoms with E-state index in [0.717, 1.165) is 0 Å². The van der Waals surface area contributed by atoms with E-state index in [1.807, 2.05) is 0 Å². The van der Waals surface area contributed by atoms with Gasteiger partial charge >= 0.3 is 5.97 Å². The maximum absolute atomic E-state index is 11.4. The van der Waals surface area contributed by atoms with Crippen molar-refractivity contribution in [2.45, 2.75) is 12.1 Å². The van der Waals surface area contributed by atoms with Gasteiger partial charge in [0.05, 0.1) is 19.8 Å². The number of aliphatic hydroxyl groups excluding tert-OH is 1. The molecule has 1 aromatic carbocycles. The van der Waals surface area contributed by atoms with Gasteiger partial charge in [-0.3, -0.25) is 14.5 Å². The molecule has 2 unspecified atom stereocenters. The Morgan fingerprint density at radius 1 is 1.57 bits per heavy atom. The van der Waals surface area contributed by atoms with E-state index in [1.54, 1.807) is 24.3 Å². The minimum absolute atomic E-state index is 0.0407. The number of β-amino-alcohol motifs (C(OH)–C–C–N with tert-alkyl or cyclic N) is 1. The number of rotatable bonds is 5. The molecule has 2 atom stereocenters. The average molecular weight is 294 g/mol. The monoisotopic (exact) mass is 294 g/mol. The number of carboxylic acid groups (broad SMARTS) is 1. The lowest BCUT2D eigenvalue weighted by Gasteiger charge is -2.34. The number of benzene rings is 1. The van der Waals surface area contributed by atoms with E-state index >= 15 is 0 Å². The van der Waals surface area contributed by atoms with Crippen molar-refractivity contribution in [3.05, 3.63) is 29.8 Å². The number of hydrogen-bond acceptors (Lipinski definition) is 5. The zero-order chi connectivity index (χ0) is 15.4. The Hall–Kier alpha value is -2.12. The van der Waals surface area contributed by atoms with Crippen LogP contribution in [0.1, 0.15) is 11.7 Å². The molecule has 0 bridgehead atoms. The number of aliphatic hydroxyl groups is 1. The van der Waals surface area contributed by atoms with Crippen molar-refractivity contribution in [2.75, 3.05) is 26.7 Å². The van der Waals surface area contributed by atoms with Gasteiger partial charge in [-0.2, -0.15) is 0 Å². The summed E-state index contributed by atoms with van der Waals surface area (Å²) in [5.74, 6) is -0.657. The number of piperazine rings is 1. The largest absolute Gasteiger partial charge is 0.497 e. The van der Waals surface area contributed by atoms with Crippen molar-refractivity contribution in [1.82, 2.24) is 10.2 Å². The summed E-state index contributed by atoms with van der Waals surface area (Å²) in [6.07, 6.45) is -0.896. The Kier molecular flexibility index (Phi) is 4.77. The first kappa shape index (κ1) is 15.3. The van der Waals surface area contributed by atoms with Gasteiger partial charge in [-0.15, -0.1) is 0 Å². The van der Waals surface area contributed by atoms with Crippen LogP contribution >= 0.6 is 0 Å². The third-order valence-corrected chi connectivity index (χ3v) is 3.45. The number of methoxy groups -OCH3 is 1. The third-order valence-electron chi connectivity index (χ3n) is 3.45. The van der Waals surface area contributed by atoms with E-state index in [1.165, 1.54) is 12.0 Å². The Morgan fingerprint density at radius 2 is 2.33 bits per heavy atom. The van der Waals surface area contributed by atoms with Crippen molar-refractivity contribution in [1.29, 1.82) is 0 Å². The molecular formula is C14H18N2O5. The van der Waals surface area contributed by atoms with Crippen LogP contribution in [0.5, 0.6) is 5.75 Å². The predicted octanol–water partition coefficient (Wildman–Crippen LogP) is -0.386. The molecule has 1 saturated heterocycles. The van der Waals surface area contributed by atoms with Crippen LogP contribution in [0.25, 0.3) is 0 Å². The van der Waals surface area contributed by atoms with Crippen LogP contribution in [-0.4, -0.2) is 59.8 Å². The SMILES string of the molecule is COc1cccc(C(O)CN2CC(=O)NCC2C(=O)O)c1. The molecule has 114 valence electrons. The number of carbonyl (C=O) groups is 2. The molecule has 2 rings (SSSR count).